The van der Waals surface area contributed by atoms with Gasteiger partial charge in [0.05, 0.1) is 18.2 Å². The first-order valence-corrected chi connectivity index (χ1v) is 9.89. The summed E-state index contributed by atoms with van der Waals surface area (Å²) in [6.07, 6.45) is 3.40. The van der Waals surface area contributed by atoms with Crippen molar-refractivity contribution in [3.63, 3.8) is 0 Å². The molecule has 3 fully saturated rings. The molecule has 0 saturated carbocycles. The molecule has 146 valence electrons. The van der Waals surface area contributed by atoms with Crippen molar-refractivity contribution in [2.45, 2.75) is 70.1 Å². The number of hydrogen-bond acceptors (Lipinski definition) is 4. The number of aryl methyl sites for hydroxylation is 2. The predicted octanol–water partition coefficient (Wildman–Crippen LogP) is 3.75. The molecule has 1 aromatic heterocycles. The molecule has 0 amide bonds. The molecule has 3 saturated heterocycles. The fourth-order valence-corrected chi connectivity index (χ4v) is 4.60. The Morgan fingerprint density at radius 3 is 2.23 bits per heavy atom. The summed E-state index contributed by atoms with van der Waals surface area (Å²) in [7, 11) is 0. The lowest BCUT2D eigenvalue weighted by Gasteiger charge is -2.53. The van der Waals surface area contributed by atoms with Crippen molar-refractivity contribution in [3.05, 3.63) is 23.2 Å². The highest BCUT2D eigenvalue weighted by Crippen LogP contribution is 2.42. The van der Waals surface area contributed by atoms with Gasteiger partial charge in [-0.2, -0.15) is 0 Å². The van der Waals surface area contributed by atoms with E-state index in [1.807, 2.05) is 6.92 Å². The van der Waals surface area contributed by atoms with Crippen LogP contribution in [0.4, 0.5) is 8.78 Å². The van der Waals surface area contributed by atoms with E-state index in [-0.39, 0.29) is 24.5 Å². The Hall–Kier alpha value is -0.980. The van der Waals surface area contributed by atoms with E-state index < -0.39 is 5.92 Å². The maximum Gasteiger partial charge on any atom is 0.250 e. The maximum absolute atomic E-state index is 13.2. The van der Waals surface area contributed by atoms with Crippen LogP contribution in [0.25, 0.3) is 0 Å². The van der Waals surface area contributed by atoms with Crippen LogP contribution in [-0.2, 0) is 11.3 Å². The molecule has 4 heterocycles. The Kier molecular flexibility index (Phi) is 4.86. The molecule has 3 aliphatic heterocycles. The number of nitrogens with zero attached hydrogens (tertiary/aromatic N) is 2. The molecule has 0 unspecified atom stereocenters. The summed E-state index contributed by atoms with van der Waals surface area (Å²) in [5.41, 5.74) is 1.25. The number of hydrogen-bond donors (Lipinski definition) is 0. The van der Waals surface area contributed by atoms with E-state index in [1.54, 1.807) is 0 Å². The van der Waals surface area contributed by atoms with Gasteiger partial charge in [0.25, 0.3) is 5.92 Å². The van der Waals surface area contributed by atoms with Crippen molar-refractivity contribution in [1.29, 1.82) is 0 Å². The van der Waals surface area contributed by atoms with Crippen LogP contribution in [-0.4, -0.2) is 60.2 Å². The van der Waals surface area contributed by atoms with E-state index in [9.17, 15) is 8.78 Å². The molecular weight excluding hydrogens is 338 g/mol. The molecule has 4 rings (SSSR count). The van der Waals surface area contributed by atoms with Crippen LogP contribution in [0.5, 0.6) is 0 Å². The Morgan fingerprint density at radius 2 is 1.65 bits per heavy atom. The number of likely N-dealkylation sites (tertiary alicyclic amines) is 2. The van der Waals surface area contributed by atoms with Crippen LogP contribution in [0.15, 0.2) is 10.5 Å². The lowest BCUT2D eigenvalue weighted by atomic mass is 9.80. The molecule has 0 bridgehead atoms. The summed E-state index contributed by atoms with van der Waals surface area (Å²) >= 11 is 0. The fourth-order valence-electron chi connectivity index (χ4n) is 4.60. The molecule has 1 atom stereocenters. The third-order valence-corrected chi connectivity index (χ3v) is 6.43. The van der Waals surface area contributed by atoms with Gasteiger partial charge in [-0.3, -0.25) is 4.90 Å². The number of alkyl halides is 2. The lowest BCUT2D eigenvalue weighted by molar-refractivity contribution is -0.232. The van der Waals surface area contributed by atoms with Crippen LogP contribution < -0.4 is 0 Å². The van der Waals surface area contributed by atoms with E-state index in [0.29, 0.717) is 13.1 Å². The largest absolute Gasteiger partial charge is 0.465 e. The first-order chi connectivity index (χ1) is 12.3. The SMILES string of the molecule is Cc1cc(CN2CCC3(CC2)C[C@@H](CN2CCC(F)(F)CC2)O3)oc1C. The van der Waals surface area contributed by atoms with Gasteiger partial charge in [-0.25, -0.2) is 8.78 Å². The number of ether oxygens (including phenoxy) is 1. The molecule has 3 aliphatic rings. The highest BCUT2D eigenvalue weighted by Gasteiger charge is 2.48. The number of halogens is 2. The van der Waals surface area contributed by atoms with Crippen molar-refractivity contribution < 1.29 is 17.9 Å². The summed E-state index contributed by atoms with van der Waals surface area (Å²) in [5.74, 6) is -0.407. The second-order valence-electron chi connectivity index (χ2n) is 8.51. The van der Waals surface area contributed by atoms with Gasteiger partial charge in [-0.15, -0.1) is 0 Å². The van der Waals surface area contributed by atoms with Gasteiger partial charge in [0, 0.05) is 52.0 Å². The minimum absolute atomic E-state index is 0.00838. The standard InChI is InChI=1S/C20H30F2N2O2/c1-15-11-17(25-16(15)2)13-23-7-3-19(4-8-23)12-18(26-19)14-24-9-5-20(21,22)6-10-24/h11,18H,3-10,12-14H2,1-2H3/t18-/m0/s1. The van der Waals surface area contributed by atoms with Crippen molar-refractivity contribution in [2.24, 2.45) is 0 Å². The average Bonchev–Trinajstić information content (AvgIpc) is 2.87. The number of piperidine rings is 2. The first kappa shape index (κ1) is 18.4. The Balaban J connectivity index is 1.19. The van der Waals surface area contributed by atoms with Gasteiger partial charge in [0.15, 0.2) is 0 Å². The zero-order valence-corrected chi connectivity index (χ0v) is 15.9. The summed E-state index contributed by atoms with van der Waals surface area (Å²) in [5, 5.41) is 0. The minimum Gasteiger partial charge on any atom is -0.465 e. The van der Waals surface area contributed by atoms with Crippen LogP contribution in [0.3, 0.4) is 0 Å². The van der Waals surface area contributed by atoms with E-state index in [1.165, 1.54) is 5.56 Å². The highest BCUT2D eigenvalue weighted by molar-refractivity contribution is 5.18. The van der Waals surface area contributed by atoms with Gasteiger partial charge in [-0.1, -0.05) is 0 Å². The molecule has 0 aliphatic carbocycles. The summed E-state index contributed by atoms with van der Waals surface area (Å²) in [6, 6.07) is 2.14. The Morgan fingerprint density at radius 1 is 1.04 bits per heavy atom. The van der Waals surface area contributed by atoms with Gasteiger partial charge >= 0.3 is 0 Å². The molecular formula is C20H30F2N2O2. The third kappa shape index (κ3) is 3.97. The zero-order valence-electron chi connectivity index (χ0n) is 15.9. The second-order valence-corrected chi connectivity index (χ2v) is 8.51. The molecule has 0 radical (unpaired) electrons. The predicted molar refractivity (Wildman–Crippen MR) is 95.5 cm³/mol. The van der Waals surface area contributed by atoms with Crippen molar-refractivity contribution in [3.8, 4) is 0 Å². The molecule has 1 aromatic rings. The average molecular weight is 368 g/mol. The van der Waals surface area contributed by atoms with Crippen molar-refractivity contribution >= 4 is 0 Å². The number of furan rings is 1. The normalized spacial score (nSPS) is 29.0. The van der Waals surface area contributed by atoms with Crippen LogP contribution in [0.2, 0.25) is 0 Å². The zero-order chi connectivity index (χ0) is 18.4. The Labute approximate surface area is 154 Å². The van der Waals surface area contributed by atoms with Crippen molar-refractivity contribution in [2.75, 3.05) is 32.7 Å². The first-order valence-electron chi connectivity index (χ1n) is 9.89. The van der Waals surface area contributed by atoms with E-state index in [4.69, 9.17) is 9.15 Å². The third-order valence-electron chi connectivity index (χ3n) is 6.43. The summed E-state index contributed by atoms with van der Waals surface area (Å²) in [6.45, 7) is 8.83. The molecule has 4 nitrogen and oxygen atoms in total. The maximum atomic E-state index is 13.2. The summed E-state index contributed by atoms with van der Waals surface area (Å²) in [4.78, 5) is 4.58. The Bertz CT molecular complexity index is 600. The lowest BCUT2D eigenvalue weighted by Crippen LogP contribution is -2.59. The van der Waals surface area contributed by atoms with E-state index in [2.05, 4.69) is 22.8 Å². The monoisotopic (exact) mass is 368 g/mol. The number of rotatable bonds is 4. The molecule has 1 spiro atoms. The van der Waals surface area contributed by atoms with E-state index >= 15 is 0 Å². The van der Waals surface area contributed by atoms with Gasteiger partial charge < -0.3 is 14.1 Å². The molecule has 0 aromatic carbocycles. The van der Waals surface area contributed by atoms with E-state index in [0.717, 1.165) is 57.0 Å². The molecule has 6 heteroatoms. The van der Waals surface area contributed by atoms with Crippen LogP contribution >= 0.6 is 0 Å². The van der Waals surface area contributed by atoms with Gasteiger partial charge in [0.2, 0.25) is 0 Å². The highest BCUT2D eigenvalue weighted by atomic mass is 19.3. The van der Waals surface area contributed by atoms with Gasteiger partial charge in [-0.05, 0) is 38.3 Å². The minimum atomic E-state index is -2.46. The summed E-state index contributed by atoms with van der Waals surface area (Å²) < 4.78 is 38.5. The van der Waals surface area contributed by atoms with Gasteiger partial charge in [0.1, 0.15) is 11.5 Å². The molecule has 26 heavy (non-hydrogen) atoms. The topological polar surface area (TPSA) is 28.9 Å². The van der Waals surface area contributed by atoms with Crippen LogP contribution in [0, 0.1) is 13.8 Å². The fraction of sp³-hybridized carbons (Fsp3) is 0.800. The van der Waals surface area contributed by atoms with Crippen molar-refractivity contribution in [1.82, 2.24) is 9.80 Å². The molecule has 0 N–H and O–H groups in total. The second kappa shape index (κ2) is 6.88. The van der Waals surface area contributed by atoms with Crippen LogP contribution in [0.1, 0.15) is 49.2 Å². The quantitative estimate of drug-likeness (QED) is 0.809. The smallest absolute Gasteiger partial charge is 0.250 e.